The zero-order valence-electron chi connectivity index (χ0n) is 11.6. The van der Waals surface area contributed by atoms with Crippen molar-refractivity contribution in [3.63, 3.8) is 0 Å². The van der Waals surface area contributed by atoms with E-state index in [0.717, 1.165) is 12.8 Å². The van der Waals surface area contributed by atoms with Gasteiger partial charge < -0.3 is 15.0 Å². The third-order valence-corrected chi connectivity index (χ3v) is 2.65. The van der Waals surface area contributed by atoms with E-state index in [9.17, 15) is 4.79 Å². The van der Waals surface area contributed by atoms with Gasteiger partial charge in [-0.1, -0.05) is 19.1 Å². The topological polar surface area (TPSA) is 41.6 Å². The second-order valence-electron chi connectivity index (χ2n) is 3.98. The number of nitrogens with zero attached hydrogens (tertiary/aromatic N) is 1. The van der Waals surface area contributed by atoms with Gasteiger partial charge in [-0.05, 0) is 33.6 Å². The fourth-order valence-corrected chi connectivity index (χ4v) is 1.43. The standard InChI is InChI=1S/C13H26N2O2/c1-6-11(4)9-10-15(7-2)13(16)14-12(5)17-8-3/h12H,4,6-10H2,1-3,5H3,(H,14,16). The Morgan fingerprint density at radius 3 is 2.53 bits per heavy atom. The zero-order valence-corrected chi connectivity index (χ0v) is 11.6. The predicted octanol–water partition coefficient (Wildman–Crippen LogP) is 2.76. The molecule has 0 aliphatic rings. The minimum atomic E-state index is -0.240. The van der Waals surface area contributed by atoms with Crippen LogP contribution in [0.4, 0.5) is 4.79 Å². The van der Waals surface area contributed by atoms with E-state index in [0.29, 0.717) is 19.7 Å². The fraction of sp³-hybridized carbons (Fsp3) is 0.769. The van der Waals surface area contributed by atoms with E-state index in [2.05, 4.69) is 18.8 Å². The lowest BCUT2D eigenvalue weighted by Gasteiger charge is -2.24. The Morgan fingerprint density at radius 1 is 1.41 bits per heavy atom. The molecule has 0 aliphatic carbocycles. The van der Waals surface area contributed by atoms with E-state index in [1.165, 1.54) is 5.57 Å². The molecule has 2 amide bonds. The summed E-state index contributed by atoms with van der Waals surface area (Å²) in [4.78, 5) is 13.6. The maximum atomic E-state index is 11.9. The van der Waals surface area contributed by atoms with E-state index >= 15 is 0 Å². The van der Waals surface area contributed by atoms with Crippen LogP contribution in [-0.4, -0.2) is 36.9 Å². The van der Waals surface area contributed by atoms with Gasteiger partial charge in [0.2, 0.25) is 0 Å². The van der Waals surface area contributed by atoms with Gasteiger partial charge in [0.1, 0.15) is 6.23 Å². The Kier molecular flexibility index (Phi) is 8.50. The molecule has 0 bridgehead atoms. The van der Waals surface area contributed by atoms with Crippen LogP contribution in [0.3, 0.4) is 0 Å². The van der Waals surface area contributed by atoms with Crippen molar-refractivity contribution in [3.8, 4) is 0 Å². The van der Waals surface area contributed by atoms with Crippen molar-refractivity contribution in [3.05, 3.63) is 12.2 Å². The molecule has 1 unspecified atom stereocenters. The number of ether oxygens (including phenoxy) is 1. The highest BCUT2D eigenvalue weighted by Gasteiger charge is 2.13. The molecule has 0 radical (unpaired) electrons. The molecule has 17 heavy (non-hydrogen) atoms. The van der Waals surface area contributed by atoms with Crippen molar-refractivity contribution < 1.29 is 9.53 Å². The summed E-state index contributed by atoms with van der Waals surface area (Å²) in [5.41, 5.74) is 1.18. The molecule has 100 valence electrons. The van der Waals surface area contributed by atoms with Gasteiger partial charge in [0.15, 0.2) is 0 Å². The smallest absolute Gasteiger partial charge is 0.319 e. The highest BCUT2D eigenvalue weighted by Crippen LogP contribution is 2.05. The summed E-state index contributed by atoms with van der Waals surface area (Å²) in [5, 5.41) is 2.81. The number of hydrogen-bond donors (Lipinski definition) is 1. The Morgan fingerprint density at radius 2 is 2.06 bits per heavy atom. The fourth-order valence-electron chi connectivity index (χ4n) is 1.43. The molecule has 4 nitrogen and oxygen atoms in total. The van der Waals surface area contributed by atoms with Crippen molar-refractivity contribution in [2.24, 2.45) is 0 Å². The van der Waals surface area contributed by atoms with Gasteiger partial charge in [0, 0.05) is 19.7 Å². The number of urea groups is 1. The molecule has 0 saturated carbocycles. The lowest BCUT2D eigenvalue weighted by molar-refractivity contribution is 0.0544. The number of rotatable bonds is 8. The highest BCUT2D eigenvalue weighted by molar-refractivity contribution is 5.74. The first-order valence-corrected chi connectivity index (χ1v) is 6.38. The van der Waals surface area contributed by atoms with Crippen LogP contribution in [0.1, 0.15) is 40.5 Å². The van der Waals surface area contributed by atoms with E-state index in [1.54, 1.807) is 4.90 Å². The number of carbonyl (C=O) groups is 1. The summed E-state index contributed by atoms with van der Waals surface area (Å²) >= 11 is 0. The van der Waals surface area contributed by atoms with Crippen molar-refractivity contribution in [1.82, 2.24) is 10.2 Å². The number of nitrogens with one attached hydrogen (secondary N) is 1. The third-order valence-electron chi connectivity index (χ3n) is 2.65. The van der Waals surface area contributed by atoms with Crippen LogP contribution in [0.15, 0.2) is 12.2 Å². The molecule has 0 aromatic rings. The Labute approximate surface area is 105 Å². The molecule has 0 aromatic carbocycles. The van der Waals surface area contributed by atoms with Gasteiger partial charge in [0.05, 0.1) is 0 Å². The van der Waals surface area contributed by atoms with Gasteiger partial charge in [-0.3, -0.25) is 0 Å². The van der Waals surface area contributed by atoms with Crippen LogP contribution in [0, 0.1) is 0 Å². The lowest BCUT2D eigenvalue weighted by Crippen LogP contribution is -2.45. The van der Waals surface area contributed by atoms with Crippen LogP contribution in [0.5, 0.6) is 0 Å². The van der Waals surface area contributed by atoms with Crippen LogP contribution >= 0.6 is 0 Å². The summed E-state index contributed by atoms with van der Waals surface area (Å²) in [7, 11) is 0. The molecular formula is C13H26N2O2. The molecular weight excluding hydrogens is 216 g/mol. The Bertz CT molecular complexity index is 242. The summed E-state index contributed by atoms with van der Waals surface area (Å²) in [5.74, 6) is 0. The highest BCUT2D eigenvalue weighted by atomic mass is 16.5. The summed E-state index contributed by atoms with van der Waals surface area (Å²) in [6.07, 6.45) is 1.59. The van der Waals surface area contributed by atoms with Crippen molar-refractivity contribution >= 4 is 6.03 Å². The molecule has 0 aliphatic heterocycles. The minimum Gasteiger partial charge on any atom is -0.359 e. The van der Waals surface area contributed by atoms with Gasteiger partial charge in [-0.25, -0.2) is 4.79 Å². The van der Waals surface area contributed by atoms with Gasteiger partial charge in [-0.15, -0.1) is 0 Å². The van der Waals surface area contributed by atoms with Gasteiger partial charge in [0.25, 0.3) is 0 Å². The molecule has 1 atom stereocenters. The number of hydrogen-bond acceptors (Lipinski definition) is 2. The minimum absolute atomic E-state index is 0.0719. The van der Waals surface area contributed by atoms with Crippen LogP contribution in [-0.2, 0) is 4.74 Å². The molecule has 0 rings (SSSR count). The second-order valence-corrected chi connectivity index (χ2v) is 3.98. The van der Waals surface area contributed by atoms with Crippen molar-refractivity contribution in [2.45, 2.75) is 46.8 Å². The van der Waals surface area contributed by atoms with E-state index in [1.807, 2.05) is 20.8 Å². The second kappa shape index (κ2) is 9.05. The van der Waals surface area contributed by atoms with Crippen LogP contribution < -0.4 is 5.32 Å². The van der Waals surface area contributed by atoms with Crippen LogP contribution in [0.25, 0.3) is 0 Å². The Balaban J connectivity index is 4.07. The molecule has 0 saturated heterocycles. The average Bonchev–Trinajstić information content (AvgIpc) is 2.29. The van der Waals surface area contributed by atoms with E-state index in [4.69, 9.17) is 4.74 Å². The lowest BCUT2D eigenvalue weighted by atomic mass is 10.1. The van der Waals surface area contributed by atoms with Gasteiger partial charge in [-0.2, -0.15) is 0 Å². The molecule has 0 aromatic heterocycles. The maximum absolute atomic E-state index is 11.9. The first kappa shape index (κ1) is 16.0. The molecule has 1 N–H and O–H groups in total. The zero-order chi connectivity index (χ0) is 13.3. The first-order chi connectivity index (χ1) is 8.04. The predicted molar refractivity (Wildman–Crippen MR) is 70.9 cm³/mol. The molecule has 0 fully saturated rings. The van der Waals surface area contributed by atoms with E-state index < -0.39 is 0 Å². The summed E-state index contributed by atoms with van der Waals surface area (Å²) in [6, 6.07) is -0.0719. The summed E-state index contributed by atoms with van der Waals surface area (Å²) < 4.78 is 5.28. The molecule has 0 heterocycles. The largest absolute Gasteiger partial charge is 0.359 e. The molecule has 4 heteroatoms. The monoisotopic (exact) mass is 242 g/mol. The SMILES string of the molecule is C=C(CC)CCN(CC)C(=O)NC(C)OCC. The Hall–Kier alpha value is -1.03. The molecule has 0 spiro atoms. The average molecular weight is 242 g/mol. The quantitative estimate of drug-likeness (QED) is 0.525. The van der Waals surface area contributed by atoms with E-state index in [-0.39, 0.29) is 12.3 Å². The van der Waals surface area contributed by atoms with Crippen LogP contribution in [0.2, 0.25) is 0 Å². The number of carbonyl (C=O) groups excluding carboxylic acids is 1. The van der Waals surface area contributed by atoms with Crippen molar-refractivity contribution in [2.75, 3.05) is 19.7 Å². The third kappa shape index (κ3) is 7.00. The normalized spacial score (nSPS) is 12.0. The van der Waals surface area contributed by atoms with Crippen molar-refractivity contribution in [1.29, 1.82) is 0 Å². The summed E-state index contributed by atoms with van der Waals surface area (Å²) in [6.45, 7) is 13.7. The maximum Gasteiger partial charge on any atom is 0.319 e. The first-order valence-electron chi connectivity index (χ1n) is 6.38. The van der Waals surface area contributed by atoms with Gasteiger partial charge >= 0.3 is 6.03 Å². The number of amides is 2.